The van der Waals surface area contributed by atoms with Crippen molar-refractivity contribution in [2.45, 2.75) is 45.4 Å². The molecule has 2 rings (SSSR count). The van der Waals surface area contributed by atoms with Gasteiger partial charge in [-0.2, -0.15) is 5.10 Å². The molecular formula is C17H25N3O. The molecule has 0 radical (unpaired) electrons. The Hall–Kier alpha value is -1.81. The van der Waals surface area contributed by atoms with Crippen LogP contribution in [0.1, 0.15) is 32.8 Å². The van der Waals surface area contributed by atoms with E-state index in [1.54, 1.807) is 13.3 Å². The molecule has 1 unspecified atom stereocenters. The number of anilines is 1. The van der Waals surface area contributed by atoms with Gasteiger partial charge in [-0.25, -0.2) is 0 Å². The summed E-state index contributed by atoms with van der Waals surface area (Å²) in [6, 6.07) is 10.8. The molecule has 1 heterocycles. The highest BCUT2D eigenvalue weighted by Gasteiger charge is 2.19. The van der Waals surface area contributed by atoms with Crippen molar-refractivity contribution in [1.82, 2.24) is 9.78 Å². The standard InChI is InChI=1S/C17H25N3O/c1-14(12-17(2,3)21-4)19-16-8-6-15(7-9-16)13-20-11-5-10-18-20/h5-11,14,19H,12-13H2,1-4H3. The normalized spacial score (nSPS) is 13.1. The van der Waals surface area contributed by atoms with Crippen LogP contribution in [0.2, 0.25) is 0 Å². The van der Waals surface area contributed by atoms with Crippen LogP contribution in [0.3, 0.4) is 0 Å². The summed E-state index contributed by atoms with van der Waals surface area (Å²) >= 11 is 0. The zero-order chi connectivity index (χ0) is 15.3. The number of ether oxygens (including phenoxy) is 1. The quantitative estimate of drug-likeness (QED) is 0.846. The second-order valence-corrected chi connectivity index (χ2v) is 6.11. The van der Waals surface area contributed by atoms with Crippen LogP contribution < -0.4 is 5.32 Å². The van der Waals surface area contributed by atoms with Gasteiger partial charge in [0.05, 0.1) is 12.1 Å². The minimum absolute atomic E-state index is 0.105. The fourth-order valence-corrected chi connectivity index (χ4v) is 2.44. The molecule has 0 amide bonds. The largest absolute Gasteiger partial charge is 0.382 e. The van der Waals surface area contributed by atoms with E-state index >= 15 is 0 Å². The maximum absolute atomic E-state index is 5.47. The molecule has 21 heavy (non-hydrogen) atoms. The summed E-state index contributed by atoms with van der Waals surface area (Å²) in [5.74, 6) is 0. The van der Waals surface area contributed by atoms with E-state index in [-0.39, 0.29) is 5.60 Å². The van der Waals surface area contributed by atoms with E-state index < -0.39 is 0 Å². The molecule has 1 atom stereocenters. The molecule has 4 nitrogen and oxygen atoms in total. The van der Waals surface area contributed by atoms with Gasteiger partial charge in [0.15, 0.2) is 0 Å². The average Bonchev–Trinajstić information content (AvgIpc) is 2.93. The Bertz CT molecular complexity index is 532. The van der Waals surface area contributed by atoms with Gasteiger partial charge in [-0.05, 0) is 51.0 Å². The zero-order valence-corrected chi connectivity index (χ0v) is 13.3. The number of aromatic nitrogens is 2. The van der Waals surface area contributed by atoms with Crippen molar-refractivity contribution in [3.8, 4) is 0 Å². The van der Waals surface area contributed by atoms with Crippen LogP contribution in [0.4, 0.5) is 5.69 Å². The molecule has 0 aliphatic carbocycles. The summed E-state index contributed by atoms with van der Waals surface area (Å²) in [5.41, 5.74) is 2.28. The lowest BCUT2D eigenvalue weighted by atomic mass is 9.99. The van der Waals surface area contributed by atoms with E-state index in [4.69, 9.17) is 4.74 Å². The van der Waals surface area contributed by atoms with Crippen LogP contribution >= 0.6 is 0 Å². The minimum atomic E-state index is -0.105. The summed E-state index contributed by atoms with van der Waals surface area (Å²) in [6.07, 6.45) is 4.73. The van der Waals surface area contributed by atoms with Crippen molar-refractivity contribution in [3.63, 3.8) is 0 Å². The lowest BCUT2D eigenvalue weighted by molar-refractivity contribution is 0.0128. The Morgan fingerprint density at radius 2 is 2.00 bits per heavy atom. The Labute approximate surface area is 127 Å². The molecule has 0 fully saturated rings. The van der Waals surface area contributed by atoms with E-state index in [2.05, 4.69) is 55.5 Å². The highest BCUT2D eigenvalue weighted by molar-refractivity contribution is 5.45. The third-order valence-corrected chi connectivity index (χ3v) is 3.62. The molecule has 1 aromatic carbocycles. The minimum Gasteiger partial charge on any atom is -0.382 e. The van der Waals surface area contributed by atoms with Crippen LogP contribution in [0, 0.1) is 0 Å². The van der Waals surface area contributed by atoms with Crippen molar-refractivity contribution in [1.29, 1.82) is 0 Å². The van der Waals surface area contributed by atoms with E-state index in [1.807, 2.05) is 16.9 Å². The fraction of sp³-hybridized carbons (Fsp3) is 0.471. The number of methoxy groups -OCH3 is 1. The summed E-state index contributed by atoms with van der Waals surface area (Å²) in [5, 5.41) is 7.74. The van der Waals surface area contributed by atoms with Gasteiger partial charge < -0.3 is 10.1 Å². The van der Waals surface area contributed by atoms with Crippen LogP contribution in [0.25, 0.3) is 0 Å². The van der Waals surface area contributed by atoms with Gasteiger partial charge >= 0.3 is 0 Å². The molecule has 0 bridgehead atoms. The summed E-state index contributed by atoms with van der Waals surface area (Å²) in [4.78, 5) is 0. The van der Waals surface area contributed by atoms with Gasteiger partial charge in [0.25, 0.3) is 0 Å². The maximum Gasteiger partial charge on any atom is 0.0659 e. The van der Waals surface area contributed by atoms with Crippen molar-refractivity contribution >= 4 is 5.69 Å². The number of rotatable bonds is 7. The van der Waals surface area contributed by atoms with Crippen molar-refractivity contribution in [2.24, 2.45) is 0 Å². The maximum atomic E-state index is 5.47. The Morgan fingerprint density at radius 3 is 2.57 bits per heavy atom. The second-order valence-electron chi connectivity index (χ2n) is 6.11. The summed E-state index contributed by atoms with van der Waals surface area (Å²) in [6.45, 7) is 7.20. The molecule has 1 aromatic heterocycles. The summed E-state index contributed by atoms with van der Waals surface area (Å²) < 4.78 is 7.40. The summed E-state index contributed by atoms with van der Waals surface area (Å²) in [7, 11) is 1.76. The van der Waals surface area contributed by atoms with Crippen LogP contribution in [-0.4, -0.2) is 28.5 Å². The van der Waals surface area contributed by atoms with E-state index in [9.17, 15) is 0 Å². The Morgan fingerprint density at radius 1 is 1.29 bits per heavy atom. The lowest BCUT2D eigenvalue weighted by Crippen LogP contribution is -2.31. The number of nitrogens with zero attached hydrogens (tertiary/aromatic N) is 2. The van der Waals surface area contributed by atoms with Crippen molar-refractivity contribution in [2.75, 3.05) is 12.4 Å². The zero-order valence-electron chi connectivity index (χ0n) is 13.3. The first-order chi connectivity index (χ1) is 9.98. The highest BCUT2D eigenvalue weighted by Crippen LogP contribution is 2.19. The smallest absolute Gasteiger partial charge is 0.0659 e. The molecule has 0 aliphatic rings. The third kappa shape index (κ3) is 4.90. The van der Waals surface area contributed by atoms with E-state index in [0.29, 0.717) is 6.04 Å². The van der Waals surface area contributed by atoms with E-state index in [0.717, 1.165) is 18.7 Å². The van der Waals surface area contributed by atoms with Gasteiger partial charge in [-0.3, -0.25) is 4.68 Å². The monoisotopic (exact) mass is 287 g/mol. The molecule has 0 spiro atoms. The topological polar surface area (TPSA) is 39.1 Å². The predicted octanol–water partition coefficient (Wildman–Crippen LogP) is 3.55. The predicted molar refractivity (Wildman–Crippen MR) is 86.6 cm³/mol. The molecule has 114 valence electrons. The molecule has 1 N–H and O–H groups in total. The fourth-order valence-electron chi connectivity index (χ4n) is 2.44. The first-order valence-corrected chi connectivity index (χ1v) is 7.36. The van der Waals surface area contributed by atoms with Gasteiger partial charge in [0, 0.05) is 31.2 Å². The molecule has 2 aromatic rings. The Balaban J connectivity index is 1.90. The van der Waals surface area contributed by atoms with Gasteiger partial charge in [-0.1, -0.05) is 12.1 Å². The average molecular weight is 287 g/mol. The molecule has 0 saturated carbocycles. The van der Waals surface area contributed by atoms with Crippen molar-refractivity contribution < 1.29 is 4.74 Å². The highest BCUT2D eigenvalue weighted by atomic mass is 16.5. The van der Waals surface area contributed by atoms with Gasteiger partial charge in [0.2, 0.25) is 0 Å². The van der Waals surface area contributed by atoms with E-state index in [1.165, 1.54) is 5.56 Å². The number of benzene rings is 1. The molecule has 0 aliphatic heterocycles. The molecule has 0 saturated heterocycles. The number of nitrogens with one attached hydrogen (secondary N) is 1. The Kier molecular flexibility index (Phi) is 5.02. The van der Waals surface area contributed by atoms with Gasteiger partial charge in [0.1, 0.15) is 0 Å². The first-order valence-electron chi connectivity index (χ1n) is 7.36. The number of hydrogen-bond acceptors (Lipinski definition) is 3. The van der Waals surface area contributed by atoms with Gasteiger partial charge in [-0.15, -0.1) is 0 Å². The lowest BCUT2D eigenvalue weighted by Gasteiger charge is -2.27. The van der Waals surface area contributed by atoms with Crippen LogP contribution in [0.15, 0.2) is 42.7 Å². The number of hydrogen-bond donors (Lipinski definition) is 1. The first kappa shape index (κ1) is 15.6. The van der Waals surface area contributed by atoms with Crippen LogP contribution in [0.5, 0.6) is 0 Å². The third-order valence-electron chi connectivity index (χ3n) is 3.62. The second kappa shape index (κ2) is 6.76. The van der Waals surface area contributed by atoms with Crippen LogP contribution in [-0.2, 0) is 11.3 Å². The molecule has 4 heteroatoms. The molecular weight excluding hydrogens is 262 g/mol. The van der Waals surface area contributed by atoms with Crippen molar-refractivity contribution in [3.05, 3.63) is 48.3 Å². The SMILES string of the molecule is COC(C)(C)CC(C)Nc1ccc(Cn2cccn2)cc1.